The predicted molar refractivity (Wildman–Crippen MR) is 74.7 cm³/mol. The van der Waals surface area contributed by atoms with Crippen molar-refractivity contribution in [3.05, 3.63) is 34.3 Å². The third-order valence-corrected chi connectivity index (χ3v) is 5.45. The minimum Gasteiger partial charge on any atom is -0.369 e. The highest BCUT2D eigenvalue weighted by atomic mass is 79.9. The molecule has 1 heterocycles. The fourth-order valence-corrected chi connectivity index (χ4v) is 3.78. The van der Waals surface area contributed by atoms with E-state index in [1.165, 1.54) is 7.05 Å². The Morgan fingerprint density at radius 3 is 2.72 bits per heavy atom. The summed E-state index contributed by atoms with van der Waals surface area (Å²) in [7, 11) is -2.01. The molecule has 0 bridgehead atoms. The first-order chi connectivity index (χ1) is 8.24. The summed E-state index contributed by atoms with van der Waals surface area (Å²) in [5.74, 6) is -0.0723. The van der Waals surface area contributed by atoms with E-state index in [1.54, 1.807) is 6.92 Å². The predicted octanol–water partition coefficient (Wildman–Crippen LogP) is 1.25. The van der Waals surface area contributed by atoms with Crippen molar-refractivity contribution in [1.82, 2.24) is 4.31 Å². The SMILES string of the molecule is CN1C(N)=NC(C)(c2cccc(Br)c2)CS1(=O)=O. The van der Waals surface area contributed by atoms with Crippen LogP contribution >= 0.6 is 15.9 Å². The molecule has 0 saturated carbocycles. The second-order valence-electron chi connectivity index (χ2n) is 4.48. The average molecular weight is 332 g/mol. The summed E-state index contributed by atoms with van der Waals surface area (Å²) in [5, 5.41) is 0. The normalized spacial score (nSPS) is 26.8. The first-order valence-corrected chi connectivity index (χ1v) is 7.73. The van der Waals surface area contributed by atoms with Gasteiger partial charge in [-0.15, -0.1) is 0 Å². The molecule has 0 fully saturated rings. The van der Waals surface area contributed by atoms with Crippen LogP contribution in [0.25, 0.3) is 0 Å². The topological polar surface area (TPSA) is 75.8 Å². The Bertz CT molecular complexity index is 614. The van der Waals surface area contributed by atoms with Gasteiger partial charge in [0, 0.05) is 11.5 Å². The lowest BCUT2D eigenvalue weighted by Crippen LogP contribution is -2.50. The van der Waals surface area contributed by atoms with E-state index in [0.717, 1.165) is 14.3 Å². The van der Waals surface area contributed by atoms with Crippen LogP contribution < -0.4 is 5.73 Å². The van der Waals surface area contributed by atoms with Crippen LogP contribution in [-0.2, 0) is 15.6 Å². The van der Waals surface area contributed by atoms with Crippen molar-refractivity contribution in [3.8, 4) is 0 Å². The Morgan fingerprint density at radius 2 is 2.17 bits per heavy atom. The van der Waals surface area contributed by atoms with Crippen LogP contribution in [0.4, 0.5) is 0 Å². The van der Waals surface area contributed by atoms with Crippen LogP contribution in [0.15, 0.2) is 33.7 Å². The number of nitrogens with two attached hydrogens (primary N) is 1. The van der Waals surface area contributed by atoms with Gasteiger partial charge in [-0.1, -0.05) is 28.1 Å². The van der Waals surface area contributed by atoms with Crippen LogP contribution in [0.3, 0.4) is 0 Å². The molecule has 0 aliphatic carbocycles. The maximum Gasteiger partial charge on any atom is 0.239 e. The first-order valence-electron chi connectivity index (χ1n) is 5.33. The number of sulfonamides is 1. The van der Waals surface area contributed by atoms with Crippen LogP contribution in [0.5, 0.6) is 0 Å². The molecule has 98 valence electrons. The highest BCUT2D eigenvalue weighted by Gasteiger charge is 2.40. The molecule has 7 heteroatoms. The maximum atomic E-state index is 12.0. The summed E-state index contributed by atoms with van der Waals surface area (Å²) in [6.07, 6.45) is 0. The van der Waals surface area contributed by atoms with Gasteiger partial charge in [0.1, 0.15) is 5.54 Å². The molecule has 1 aliphatic heterocycles. The lowest BCUT2D eigenvalue weighted by molar-refractivity contribution is 0.476. The lowest BCUT2D eigenvalue weighted by Gasteiger charge is -2.34. The first kappa shape index (κ1) is 13.4. The summed E-state index contributed by atoms with van der Waals surface area (Å²) in [4.78, 5) is 4.32. The fourth-order valence-electron chi connectivity index (χ4n) is 1.92. The quantitative estimate of drug-likeness (QED) is 0.841. The largest absolute Gasteiger partial charge is 0.369 e. The Hall–Kier alpha value is -1.08. The number of rotatable bonds is 1. The number of hydrogen-bond donors (Lipinski definition) is 1. The number of halogens is 1. The van der Waals surface area contributed by atoms with Gasteiger partial charge in [0.2, 0.25) is 16.0 Å². The molecule has 0 saturated heterocycles. The molecule has 18 heavy (non-hydrogen) atoms. The van der Waals surface area contributed by atoms with Gasteiger partial charge in [-0.05, 0) is 24.6 Å². The molecule has 0 amide bonds. The van der Waals surface area contributed by atoms with Gasteiger partial charge >= 0.3 is 0 Å². The smallest absolute Gasteiger partial charge is 0.239 e. The molecule has 0 aromatic heterocycles. The summed E-state index contributed by atoms with van der Waals surface area (Å²) < 4.78 is 25.9. The van der Waals surface area contributed by atoms with E-state index in [9.17, 15) is 8.42 Å². The Balaban J connectivity index is 2.56. The summed E-state index contributed by atoms with van der Waals surface area (Å²) in [6.45, 7) is 1.77. The molecule has 5 nitrogen and oxygen atoms in total. The van der Waals surface area contributed by atoms with Gasteiger partial charge < -0.3 is 5.73 Å². The fraction of sp³-hybridized carbons (Fsp3) is 0.364. The number of nitrogens with zero attached hydrogens (tertiary/aromatic N) is 2. The molecular weight excluding hydrogens is 318 g/mol. The minimum atomic E-state index is -3.42. The highest BCUT2D eigenvalue weighted by molar-refractivity contribution is 9.10. The summed E-state index contributed by atoms with van der Waals surface area (Å²) >= 11 is 3.37. The van der Waals surface area contributed by atoms with E-state index in [0.29, 0.717) is 0 Å². The van der Waals surface area contributed by atoms with Crippen LogP contribution in [0, 0.1) is 0 Å². The number of hydrogen-bond acceptors (Lipinski definition) is 4. The van der Waals surface area contributed by atoms with Crippen molar-refractivity contribution in [2.24, 2.45) is 10.7 Å². The molecule has 0 radical (unpaired) electrons. The number of aliphatic imine (C=N–C) groups is 1. The zero-order chi connectivity index (χ0) is 13.6. The van der Waals surface area contributed by atoms with Crippen molar-refractivity contribution in [3.63, 3.8) is 0 Å². The average Bonchev–Trinajstić information content (AvgIpc) is 2.25. The van der Waals surface area contributed by atoms with Gasteiger partial charge in [0.15, 0.2) is 0 Å². The van der Waals surface area contributed by atoms with E-state index in [-0.39, 0.29) is 11.7 Å². The second-order valence-corrected chi connectivity index (χ2v) is 7.39. The molecular formula is C11H14BrN3O2S. The van der Waals surface area contributed by atoms with E-state index < -0.39 is 15.6 Å². The third kappa shape index (κ3) is 2.24. The molecule has 1 aromatic rings. The van der Waals surface area contributed by atoms with E-state index in [4.69, 9.17) is 5.73 Å². The van der Waals surface area contributed by atoms with Gasteiger partial charge in [-0.25, -0.2) is 17.7 Å². The van der Waals surface area contributed by atoms with Crippen LogP contribution in [0.1, 0.15) is 12.5 Å². The number of benzene rings is 1. The van der Waals surface area contributed by atoms with Gasteiger partial charge in [-0.3, -0.25) is 0 Å². The number of guanidine groups is 1. The monoisotopic (exact) mass is 331 g/mol. The van der Waals surface area contributed by atoms with Gasteiger partial charge in [-0.2, -0.15) is 0 Å². The molecule has 1 unspecified atom stereocenters. The Labute approximate surface area is 115 Å². The highest BCUT2D eigenvalue weighted by Crippen LogP contribution is 2.32. The standard InChI is InChI=1S/C11H14BrN3O2S/c1-11(8-4-3-5-9(12)6-8)7-18(16,17)15(2)10(13)14-11/h3-6H,7H2,1-2H3,(H2,13,14). The van der Waals surface area contributed by atoms with E-state index in [1.807, 2.05) is 24.3 Å². The zero-order valence-electron chi connectivity index (χ0n) is 10.1. The van der Waals surface area contributed by atoms with Gasteiger partial charge in [0.05, 0.1) is 5.75 Å². The molecule has 1 atom stereocenters. The molecule has 2 N–H and O–H groups in total. The molecule has 0 spiro atoms. The van der Waals surface area contributed by atoms with E-state index in [2.05, 4.69) is 20.9 Å². The van der Waals surface area contributed by atoms with Crippen molar-refractivity contribution in [2.75, 3.05) is 12.8 Å². The summed E-state index contributed by atoms with van der Waals surface area (Å²) in [5.41, 5.74) is 5.66. The zero-order valence-corrected chi connectivity index (χ0v) is 12.5. The van der Waals surface area contributed by atoms with Crippen molar-refractivity contribution < 1.29 is 8.42 Å². The maximum absolute atomic E-state index is 12.0. The Kier molecular flexibility index (Phi) is 3.14. The summed E-state index contributed by atoms with van der Waals surface area (Å²) in [6, 6.07) is 7.44. The van der Waals surface area contributed by atoms with Gasteiger partial charge in [0.25, 0.3) is 0 Å². The van der Waals surface area contributed by atoms with Crippen molar-refractivity contribution >= 4 is 31.9 Å². The molecule has 1 aromatic carbocycles. The third-order valence-electron chi connectivity index (χ3n) is 3.01. The lowest BCUT2D eigenvalue weighted by atomic mass is 9.95. The van der Waals surface area contributed by atoms with Crippen molar-refractivity contribution in [1.29, 1.82) is 0 Å². The van der Waals surface area contributed by atoms with Crippen LogP contribution in [0.2, 0.25) is 0 Å². The molecule has 2 rings (SSSR count). The second kappa shape index (κ2) is 4.24. The Morgan fingerprint density at radius 1 is 1.50 bits per heavy atom. The minimum absolute atomic E-state index is 0.0173. The van der Waals surface area contributed by atoms with Crippen LogP contribution in [-0.4, -0.2) is 31.5 Å². The van der Waals surface area contributed by atoms with Crippen molar-refractivity contribution in [2.45, 2.75) is 12.5 Å². The van der Waals surface area contributed by atoms with E-state index >= 15 is 0 Å². The molecule has 1 aliphatic rings.